The largest absolute Gasteiger partial charge is 0.481 e. The van der Waals surface area contributed by atoms with Gasteiger partial charge >= 0.3 is 5.97 Å². The van der Waals surface area contributed by atoms with E-state index in [9.17, 15) is 18.0 Å². The Morgan fingerprint density at radius 1 is 1.08 bits per heavy atom. The predicted octanol–water partition coefficient (Wildman–Crippen LogP) is 1.59. The number of carboxylic acid groups (broad SMARTS) is 1. The molecule has 3 rings (SSSR count). The van der Waals surface area contributed by atoms with Gasteiger partial charge in [0.05, 0.1) is 16.7 Å². The molecule has 0 aromatic heterocycles. The van der Waals surface area contributed by atoms with Crippen molar-refractivity contribution in [3.8, 4) is 0 Å². The van der Waals surface area contributed by atoms with E-state index in [0.717, 1.165) is 19.3 Å². The van der Waals surface area contributed by atoms with E-state index < -0.39 is 27.8 Å². The zero-order valence-corrected chi connectivity index (χ0v) is 15.4. The van der Waals surface area contributed by atoms with Crippen LogP contribution in [0.5, 0.6) is 0 Å². The Bertz CT molecular complexity index is 787. The van der Waals surface area contributed by atoms with E-state index in [2.05, 4.69) is 5.32 Å². The number of carboxylic acids is 1. The van der Waals surface area contributed by atoms with Crippen LogP contribution >= 0.6 is 0 Å². The first-order valence-corrected chi connectivity index (χ1v) is 10.4. The lowest BCUT2D eigenvalue weighted by molar-refractivity contribution is -0.152. The molecule has 1 aliphatic carbocycles. The molecule has 2 N–H and O–H groups in total. The number of nitrogens with one attached hydrogen (secondary N) is 1. The van der Waals surface area contributed by atoms with E-state index in [1.54, 1.807) is 24.3 Å². The standard InChI is InChI=1S/C18H24N2O5S/c21-17(14-8-9-15(14)18(22)23)19-12-13-6-2-3-7-16(13)26(24,25)20-10-4-1-5-11-20/h2-3,6-7,14-15H,1,4-5,8-12H2,(H,19,21)(H,22,23). The van der Waals surface area contributed by atoms with Crippen LogP contribution in [0, 0.1) is 11.8 Å². The van der Waals surface area contributed by atoms with Gasteiger partial charge in [0.25, 0.3) is 0 Å². The van der Waals surface area contributed by atoms with Crippen LogP contribution < -0.4 is 5.32 Å². The molecule has 142 valence electrons. The molecule has 1 aromatic rings. The molecule has 2 aliphatic rings. The van der Waals surface area contributed by atoms with Crippen LogP contribution in [0.3, 0.4) is 0 Å². The van der Waals surface area contributed by atoms with E-state index >= 15 is 0 Å². The van der Waals surface area contributed by atoms with Gasteiger partial charge in [-0.1, -0.05) is 24.6 Å². The van der Waals surface area contributed by atoms with Crippen molar-refractivity contribution in [2.45, 2.75) is 43.5 Å². The van der Waals surface area contributed by atoms with Gasteiger partial charge in [-0.25, -0.2) is 8.42 Å². The Balaban J connectivity index is 1.71. The molecule has 1 aromatic carbocycles. The van der Waals surface area contributed by atoms with Gasteiger partial charge in [-0.05, 0) is 37.3 Å². The molecular weight excluding hydrogens is 356 g/mol. The molecule has 1 saturated carbocycles. The molecule has 2 fully saturated rings. The average Bonchev–Trinajstić information content (AvgIpc) is 2.59. The minimum Gasteiger partial charge on any atom is -0.481 e. The van der Waals surface area contributed by atoms with Crippen molar-refractivity contribution in [3.05, 3.63) is 29.8 Å². The van der Waals surface area contributed by atoms with Crippen LogP contribution in [-0.2, 0) is 26.2 Å². The first-order valence-electron chi connectivity index (χ1n) is 9.00. The minimum absolute atomic E-state index is 0.0743. The summed E-state index contributed by atoms with van der Waals surface area (Å²) in [6.07, 6.45) is 3.81. The van der Waals surface area contributed by atoms with E-state index in [1.807, 2.05) is 0 Å². The lowest BCUT2D eigenvalue weighted by atomic mass is 9.73. The van der Waals surface area contributed by atoms with Crippen LogP contribution in [0.2, 0.25) is 0 Å². The van der Waals surface area contributed by atoms with Gasteiger partial charge in [0.15, 0.2) is 0 Å². The SMILES string of the molecule is O=C(O)C1CCC1C(=O)NCc1ccccc1S(=O)(=O)N1CCCCC1. The van der Waals surface area contributed by atoms with E-state index in [4.69, 9.17) is 5.11 Å². The molecule has 0 radical (unpaired) electrons. The molecular formula is C18H24N2O5S. The normalized spacial score (nSPS) is 23.8. The summed E-state index contributed by atoms with van der Waals surface area (Å²) in [5.41, 5.74) is 0.526. The third kappa shape index (κ3) is 3.76. The fraction of sp³-hybridized carbons (Fsp3) is 0.556. The highest BCUT2D eigenvalue weighted by molar-refractivity contribution is 7.89. The molecule has 1 amide bonds. The highest BCUT2D eigenvalue weighted by Gasteiger charge is 2.41. The molecule has 7 nitrogen and oxygen atoms in total. The summed E-state index contributed by atoms with van der Waals surface area (Å²) in [6.45, 7) is 1.11. The number of benzene rings is 1. The van der Waals surface area contributed by atoms with Gasteiger partial charge in [0.2, 0.25) is 15.9 Å². The maximum Gasteiger partial charge on any atom is 0.307 e. The van der Waals surface area contributed by atoms with Crippen molar-refractivity contribution in [1.29, 1.82) is 0 Å². The van der Waals surface area contributed by atoms with E-state index in [1.165, 1.54) is 4.31 Å². The number of amides is 1. The molecule has 1 aliphatic heterocycles. The van der Waals surface area contributed by atoms with Crippen LogP contribution in [0.15, 0.2) is 29.2 Å². The van der Waals surface area contributed by atoms with Crippen LogP contribution in [0.4, 0.5) is 0 Å². The number of aliphatic carboxylic acids is 1. The third-order valence-corrected chi connectivity index (χ3v) is 7.29. The van der Waals surface area contributed by atoms with Crippen molar-refractivity contribution >= 4 is 21.9 Å². The number of hydrogen-bond donors (Lipinski definition) is 2. The fourth-order valence-electron chi connectivity index (χ4n) is 3.57. The maximum absolute atomic E-state index is 12.9. The smallest absolute Gasteiger partial charge is 0.307 e. The molecule has 0 bridgehead atoms. The Morgan fingerprint density at radius 2 is 1.73 bits per heavy atom. The van der Waals surface area contributed by atoms with Crippen molar-refractivity contribution in [1.82, 2.24) is 9.62 Å². The second kappa shape index (κ2) is 7.75. The lowest BCUT2D eigenvalue weighted by Crippen LogP contribution is -2.44. The van der Waals surface area contributed by atoms with Crippen molar-refractivity contribution in [2.75, 3.05) is 13.1 Å². The van der Waals surface area contributed by atoms with Crippen LogP contribution in [0.1, 0.15) is 37.7 Å². The topological polar surface area (TPSA) is 104 Å². The monoisotopic (exact) mass is 380 g/mol. The van der Waals surface area contributed by atoms with Crippen LogP contribution in [-0.4, -0.2) is 42.8 Å². The summed E-state index contributed by atoms with van der Waals surface area (Å²) in [5, 5.41) is 11.8. The number of hydrogen-bond acceptors (Lipinski definition) is 4. The molecule has 1 heterocycles. The molecule has 8 heteroatoms. The summed E-state index contributed by atoms with van der Waals surface area (Å²) in [6, 6.07) is 6.66. The van der Waals surface area contributed by atoms with Gasteiger partial charge < -0.3 is 10.4 Å². The van der Waals surface area contributed by atoms with Gasteiger partial charge in [0.1, 0.15) is 0 Å². The summed E-state index contributed by atoms with van der Waals surface area (Å²) < 4.78 is 27.4. The number of carbonyl (C=O) groups is 2. The molecule has 26 heavy (non-hydrogen) atoms. The van der Waals surface area contributed by atoms with E-state index in [0.29, 0.717) is 31.5 Å². The summed E-state index contributed by atoms with van der Waals surface area (Å²) in [4.78, 5) is 23.5. The third-order valence-electron chi connectivity index (χ3n) is 5.29. The zero-order chi connectivity index (χ0) is 18.7. The minimum atomic E-state index is -3.59. The van der Waals surface area contributed by atoms with Crippen molar-refractivity contribution in [2.24, 2.45) is 11.8 Å². The van der Waals surface area contributed by atoms with Crippen molar-refractivity contribution < 1.29 is 23.1 Å². The molecule has 1 saturated heterocycles. The summed E-state index contributed by atoms with van der Waals surface area (Å²) in [7, 11) is -3.59. The molecule has 0 spiro atoms. The Labute approximate surface area is 153 Å². The number of carbonyl (C=O) groups excluding carboxylic acids is 1. The first-order chi connectivity index (χ1) is 12.4. The molecule has 2 unspecified atom stereocenters. The Kier molecular flexibility index (Phi) is 5.62. The summed E-state index contributed by atoms with van der Waals surface area (Å²) >= 11 is 0. The Morgan fingerprint density at radius 3 is 2.35 bits per heavy atom. The Hall–Kier alpha value is -1.93. The summed E-state index contributed by atoms with van der Waals surface area (Å²) in [5.74, 6) is -2.45. The highest BCUT2D eigenvalue weighted by atomic mass is 32.2. The van der Waals surface area contributed by atoms with Crippen molar-refractivity contribution in [3.63, 3.8) is 0 Å². The number of piperidine rings is 1. The van der Waals surface area contributed by atoms with Gasteiger partial charge in [-0.2, -0.15) is 4.31 Å². The molecule has 2 atom stereocenters. The number of rotatable bonds is 6. The zero-order valence-electron chi connectivity index (χ0n) is 14.6. The highest BCUT2D eigenvalue weighted by Crippen LogP contribution is 2.34. The lowest BCUT2D eigenvalue weighted by Gasteiger charge is -2.32. The van der Waals surface area contributed by atoms with Crippen LogP contribution in [0.25, 0.3) is 0 Å². The van der Waals surface area contributed by atoms with Gasteiger partial charge in [-0.15, -0.1) is 0 Å². The predicted molar refractivity (Wildman–Crippen MR) is 94.7 cm³/mol. The number of sulfonamides is 1. The van der Waals surface area contributed by atoms with E-state index in [-0.39, 0.29) is 17.3 Å². The van der Waals surface area contributed by atoms with Gasteiger partial charge in [-0.3, -0.25) is 9.59 Å². The van der Waals surface area contributed by atoms with Gasteiger partial charge in [0, 0.05) is 19.6 Å². The quantitative estimate of drug-likeness (QED) is 0.780. The number of nitrogens with zero attached hydrogens (tertiary/aromatic N) is 1. The second-order valence-electron chi connectivity index (χ2n) is 6.92. The second-order valence-corrected chi connectivity index (χ2v) is 8.83. The first kappa shape index (κ1) is 18.8. The fourth-order valence-corrected chi connectivity index (χ4v) is 5.31. The average molecular weight is 380 g/mol. The maximum atomic E-state index is 12.9.